The summed E-state index contributed by atoms with van der Waals surface area (Å²) in [5.74, 6) is -0.905. The Morgan fingerprint density at radius 2 is 1.30 bits per heavy atom. The Kier molecular flexibility index (Phi) is 4.57. The SMILES string of the molecule is CN(CN1C(=O)C(=O)c2ccccc21)C(c1ccccc1)c1ccccc1. The Bertz CT molecular complexity index is 930. The van der Waals surface area contributed by atoms with Gasteiger partial charge in [-0.25, -0.2) is 0 Å². The Labute approximate surface area is 158 Å². The van der Waals surface area contributed by atoms with Crippen molar-refractivity contribution in [1.29, 1.82) is 0 Å². The van der Waals surface area contributed by atoms with Gasteiger partial charge in [-0.05, 0) is 30.3 Å². The minimum Gasteiger partial charge on any atom is -0.291 e. The summed E-state index contributed by atoms with van der Waals surface area (Å²) in [6, 6.07) is 27.5. The summed E-state index contributed by atoms with van der Waals surface area (Å²) in [6.07, 6.45) is 0. The van der Waals surface area contributed by atoms with Gasteiger partial charge in [-0.2, -0.15) is 0 Å². The van der Waals surface area contributed by atoms with Gasteiger partial charge in [-0.3, -0.25) is 19.4 Å². The van der Waals surface area contributed by atoms with E-state index in [1.54, 1.807) is 17.0 Å². The second-order valence-corrected chi connectivity index (χ2v) is 6.70. The number of anilines is 1. The molecule has 0 unspecified atom stereocenters. The van der Waals surface area contributed by atoms with Crippen molar-refractivity contribution in [2.45, 2.75) is 6.04 Å². The van der Waals surface area contributed by atoms with Gasteiger partial charge < -0.3 is 0 Å². The molecule has 0 radical (unpaired) electrons. The van der Waals surface area contributed by atoms with Crippen molar-refractivity contribution in [3.63, 3.8) is 0 Å². The van der Waals surface area contributed by atoms with E-state index in [0.29, 0.717) is 17.9 Å². The Morgan fingerprint density at radius 1 is 0.778 bits per heavy atom. The highest BCUT2D eigenvalue weighted by Crippen LogP contribution is 2.32. The van der Waals surface area contributed by atoms with Crippen molar-refractivity contribution in [3.8, 4) is 0 Å². The number of fused-ring (bicyclic) bond motifs is 1. The normalized spacial score (nSPS) is 13.5. The molecule has 0 aliphatic carbocycles. The first-order valence-corrected chi connectivity index (χ1v) is 8.92. The number of amides is 1. The van der Waals surface area contributed by atoms with Crippen LogP contribution in [-0.4, -0.2) is 30.3 Å². The Morgan fingerprint density at radius 3 is 1.89 bits per heavy atom. The molecule has 1 aliphatic rings. The second kappa shape index (κ2) is 7.17. The zero-order chi connectivity index (χ0) is 18.8. The van der Waals surface area contributed by atoms with Crippen LogP contribution in [0.3, 0.4) is 0 Å². The third-order valence-corrected chi connectivity index (χ3v) is 4.91. The van der Waals surface area contributed by atoms with Gasteiger partial charge in [0.05, 0.1) is 24.0 Å². The molecule has 1 aliphatic heterocycles. The van der Waals surface area contributed by atoms with Crippen LogP contribution in [0.5, 0.6) is 0 Å². The van der Waals surface area contributed by atoms with Crippen LogP contribution >= 0.6 is 0 Å². The zero-order valence-electron chi connectivity index (χ0n) is 15.1. The van der Waals surface area contributed by atoms with Crippen molar-refractivity contribution in [2.24, 2.45) is 0 Å². The first kappa shape index (κ1) is 17.2. The number of ketones is 1. The van der Waals surface area contributed by atoms with Gasteiger partial charge in [0.1, 0.15) is 0 Å². The maximum atomic E-state index is 12.5. The lowest BCUT2D eigenvalue weighted by molar-refractivity contribution is -0.114. The average molecular weight is 356 g/mol. The fourth-order valence-corrected chi connectivity index (χ4v) is 3.67. The topological polar surface area (TPSA) is 40.6 Å². The summed E-state index contributed by atoms with van der Waals surface area (Å²) in [7, 11) is 1.98. The summed E-state index contributed by atoms with van der Waals surface area (Å²) in [5, 5.41) is 0. The van der Waals surface area contributed by atoms with Crippen LogP contribution in [0.1, 0.15) is 27.5 Å². The van der Waals surface area contributed by atoms with E-state index in [1.807, 2.05) is 55.6 Å². The van der Waals surface area contributed by atoms with Crippen LogP contribution in [0.25, 0.3) is 0 Å². The molecule has 27 heavy (non-hydrogen) atoms. The van der Waals surface area contributed by atoms with E-state index < -0.39 is 11.7 Å². The number of carbonyl (C=O) groups excluding carboxylic acids is 2. The largest absolute Gasteiger partial charge is 0.300 e. The van der Waals surface area contributed by atoms with Gasteiger partial charge >= 0.3 is 5.91 Å². The number of hydrogen-bond acceptors (Lipinski definition) is 3. The van der Waals surface area contributed by atoms with E-state index in [-0.39, 0.29) is 6.04 Å². The summed E-state index contributed by atoms with van der Waals surface area (Å²) < 4.78 is 0. The highest BCUT2D eigenvalue weighted by molar-refractivity contribution is 6.52. The lowest BCUT2D eigenvalue weighted by Gasteiger charge is -2.32. The van der Waals surface area contributed by atoms with Crippen LogP contribution in [0.2, 0.25) is 0 Å². The van der Waals surface area contributed by atoms with E-state index in [0.717, 1.165) is 11.1 Å². The lowest BCUT2D eigenvalue weighted by atomic mass is 9.98. The molecule has 4 heteroatoms. The quantitative estimate of drug-likeness (QED) is 0.651. The molecule has 0 saturated carbocycles. The van der Waals surface area contributed by atoms with Crippen molar-refractivity contribution < 1.29 is 9.59 Å². The van der Waals surface area contributed by atoms with Crippen molar-refractivity contribution in [2.75, 3.05) is 18.6 Å². The maximum absolute atomic E-state index is 12.5. The minimum atomic E-state index is -0.470. The Hall–Kier alpha value is -3.24. The monoisotopic (exact) mass is 356 g/mol. The molecule has 3 aromatic carbocycles. The first-order valence-electron chi connectivity index (χ1n) is 8.92. The molecule has 0 atom stereocenters. The Balaban J connectivity index is 1.68. The number of hydrogen-bond donors (Lipinski definition) is 0. The van der Waals surface area contributed by atoms with Crippen LogP contribution in [0.4, 0.5) is 5.69 Å². The minimum absolute atomic E-state index is 0.0249. The third-order valence-electron chi connectivity index (χ3n) is 4.91. The summed E-state index contributed by atoms with van der Waals surface area (Å²) in [5.41, 5.74) is 3.43. The second-order valence-electron chi connectivity index (χ2n) is 6.70. The van der Waals surface area contributed by atoms with Gasteiger partial charge in [0.15, 0.2) is 0 Å². The van der Waals surface area contributed by atoms with Crippen molar-refractivity contribution in [3.05, 3.63) is 102 Å². The fraction of sp³-hybridized carbons (Fsp3) is 0.130. The lowest BCUT2D eigenvalue weighted by Crippen LogP contribution is -2.41. The molecule has 0 spiro atoms. The predicted molar refractivity (Wildman–Crippen MR) is 106 cm³/mol. The van der Waals surface area contributed by atoms with Gasteiger partial charge in [0.2, 0.25) is 0 Å². The highest BCUT2D eigenvalue weighted by atomic mass is 16.2. The predicted octanol–water partition coefficient (Wildman–Crippen LogP) is 3.89. The zero-order valence-corrected chi connectivity index (χ0v) is 15.1. The number of para-hydroxylation sites is 1. The van der Waals surface area contributed by atoms with Crippen molar-refractivity contribution >= 4 is 17.4 Å². The molecule has 4 nitrogen and oxygen atoms in total. The number of Topliss-reactive ketones (excluding diaryl/α,β-unsaturated/α-hetero) is 1. The molecule has 0 saturated heterocycles. The van der Waals surface area contributed by atoms with E-state index in [2.05, 4.69) is 29.2 Å². The molecule has 0 fully saturated rings. The molecule has 134 valence electrons. The van der Waals surface area contributed by atoms with E-state index >= 15 is 0 Å². The van der Waals surface area contributed by atoms with Gasteiger partial charge in [-0.1, -0.05) is 72.8 Å². The molecular formula is C23H20N2O2. The molecule has 1 amide bonds. The molecule has 0 aromatic heterocycles. The molecule has 3 aromatic rings. The van der Waals surface area contributed by atoms with E-state index in [1.165, 1.54) is 0 Å². The standard InChI is InChI=1S/C23H20N2O2/c1-24(16-25-20-15-9-8-14-19(20)22(26)23(25)27)21(17-10-4-2-5-11-17)18-12-6-3-7-13-18/h2-15,21H,16H2,1H3. The summed E-state index contributed by atoms with van der Waals surface area (Å²) >= 11 is 0. The van der Waals surface area contributed by atoms with Crippen molar-refractivity contribution in [1.82, 2.24) is 4.90 Å². The van der Waals surface area contributed by atoms with Gasteiger partial charge in [-0.15, -0.1) is 0 Å². The molecular weight excluding hydrogens is 336 g/mol. The van der Waals surface area contributed by atoms with Crippen LogP contribution in [0.15, 0.2) is 84.9 Å². The van der Waals surface area contributed by atoms with Crippen LogP contribution in [0, 0.1) is 0 Å². The fourth-order valence-electron chi connectivity index (χ4n) is 3.67. The average Bonchev–Trinajstić information content (AvgIpc) is 2.95. The third kappa shape index (κ3) is 3.15. The maximum Gasteiger partial charge on any atom is 0.300 e. The number of carbonyl (C=O) groups is 2. The molecule has 1 heterocycles. The number of benzene rings is 3. The van der Waals surface area contributed by atoms with E-state index in [9.17, 15) is 9.59 Å². The first-order chi connectivity index (χ1) is 13.2. The number of nitrogens with zero attached hydrogens (tertiary/aromatic N) is 2. The van der Waals surface area contributed by atoms with Crippen LogP contribution in [-0.2, 0) is 4.79 Å². The van der Waals surface area contributed by atoms with Gasteiger partial charge in [0, 0.05) is 0 Å². The van der Waals surface area contributed by atoms with Gasteiger partial charge in [0.25, 0.3) is 5.78 Å². The van der Waals surface area contributed by atoms with E-state index in [4.69, 9.17) is 0 Å². The highest BCUT2D eigenvalue weighted by Gasteiger charge is 2.36. The molecule has 0 N–H and O–H groups in total. The summed E-state index contributed by atoms with van der Waals surface area (Å²) in [6.45, 7) is 0.329. The molecule has 0 bridgehead atoms. The smallest absolute Gasteiger partial charge is 0.291 e. The van der Waals surface area contributed by atoms with Crippen LogP contribution < -0.4 is 4.90 Å². The molecule has 4 rings (SSSR count). The number of rotatable bonds is 5. The summed E-state index contributed by atoms with van der Waals surface area (Å²) in [4.78, 5) is 28.5.